The number of ether oxygens (including phenoxy) is 1. The van der Waals surface area contributed by atoms with Crippen LogP contribution in [-0.2, 0) is 11.2 Å². The highest BCUT2D eigenvalue weighted by Gasteiger charge is 2.19. The molecule has 1 aliphatic carbocycles. The van der Waals surface area contributed by atoms with Crippen LogP contribution in [0.2, 0.25) is 0 Å². The van der Waals surface area contributed by atoms with Crippen molar-refractivity contribution in [2.24, 2.45) is 0 Å². The quantitative estimate of drug-likeness (QED) is 0.454. The van der Waals surface area contributed by atoms with E-state index in [1.165, 1.54) is 12.7 Å². The summed E-state index contributed by atoms with van der Waals surface area (Å²) in [5.74, 6) is 0.292. The maximum atomic E-state index is 11.7. The monoisotopic (exact) mass is 397 g/mol. The molecule has 1 aliphatic rings. The van der Waals surface area contributed by atoms with Gasteiger partial charge in [-0.1, -0.05) is 18.2 Å². The van der Waals surface area contributed by atoms with Crippen LogP contribution in [0, 0.1) is 5.41 Å². The molecule has 0 bridgehead atoms. The fourth-order valence-corrected chi connectivity index (χ4v) is 3.87. The largest absolute Gasteiger partial charge is 0.465 e. The Balaban J connectivity index is 1.58. The molecule has 0 unspecified atom stereocenters. The number of rotatable bonds is 4. The van der Waals surface area contributed by atoms with Crippen LogP contribution in [0.4, 0.5) is 11.4 Å². The lowest BCUT2D eigenvalue weighted by Gasteiger charge is -2.10. The SMILES string of the molecule is COC(=O)c1ccc(-c2oc3cnccc3c2Nc2ccc3c(c2)CCC3=N)cc1. The van der Waals surface area contributed by atoms with E-state index in [0.29, 0.717) is 22.6 Å². The first kappa shape index (κ1) is 18.1. The molecule has 0 fully saturated rings. The van der Waals surface area contributed by atoms with Gasteiger partial charge in [-0.15, -0.1) is 0 Å². The van der Waals surface area contributed by atoms with Crippen molar-refractivity contribution in [2.75, 3.05) is 12.4 Å². The first-order valence-corrected chi connectivity index (χ1v) is 9.67. The second-order valence-electron chi connectivity index (χ2n) is 7.22. The summed E-state index contributed by atoms with van der Waals surface area (Å²) in [4.78, 5) is 15.9. The Labute approximate surface area is 173 Å². The molecule has 148 valence electrons. The predicted octanol–water partition coefficient (Wildman–Crippen LogP) is 5.34. The summed E-state index contributed by atoms with van der Waals surface area (Å²) >= 11 is 0. The number of hydrogen-bond acceptors (Lipinski definition) is 6. The summed E-state index contributed by atoms with van der Waals surface area (Å²) in [5, 5.41) is 12.5. The van der Waals surface area contributed by atoms with Crippen molar-refractivity contribution in [3.05, 3.63) is 77.6 Å². The summed E-state index contributed by atoms with van der Waals surface area (Å²) in [6, 6.07) is 15.1. The minimum atomic E-state index is -0.377. The van der Waals surface area contributed by atoms with Gasteiger partial charge in [-0.3, -0.25) is 4.98 Å². The Bertz CT molecular complexity index is 1290. The molecule has 4 aromatic rings. The van der Waals surface area contributed by atoms with Gasteiger partial charge in [-0.05, 0) is 54.3 Å². The summed E-state index contributed by atoms with van der Waals surface area (Å²) in [7, 11) is 1.36. The van der Waals surface area contributed by atoms with Crippen LogP contribution in [0.5, 0.6) is 0 Å². The topological polar surface area (TPSA) is 88.2 Å². The van der Waals surface area contributed by atoms with Crippen molar-refractivity contribution >= 4 is 34.0 Å². The molecule has 0 amide bonds. The van der Waals surface area contributed by atoms with Gasteiger partial charge in [-0.25, -0.2) is 4.79 Å². The molecule has 0 atom stereocenters. The van der Waals surface area contributed by atoms with Crippen molar-refractivity contribution in [1.82, 2.24) is 4.98 Å². The third-order valence-electron chi connectivity index (χ3n) is 5.41. The standard InChI is InChI=1S/C24H19N3O3/c1-29-24(28)15-4-2-14(3-5-15)23-22(19-10-11-26-13-21(19)30-23)27-17-7-8-18-16(12-17)6-9-20(18)25/h2-5,7-8,10-13,25,27H,6,9H2,1H3. The normalized spacial score (nSPS) is 12.8. The lowest BCUT2D eigenvalue weighted by molar-refractivity contribution is 0.0600. The molecule has 2 aromatic heterocycles. The Hall–Kier alpha value is -3.93. The van der Waals surface area contributed by atoms with Crippen LogP contribution in [0.15, 0.2) is 65.3 Å². The molecule has 6 heteroatoms. The number of carbonyl (C=O) groups excluding carboxylic acids is 1. The Kier molecular flexibility index (Phi) is 4.32. The number of aryl methyl sites for hydroxylation is 1. The number of methoxy groups -OCH3 is 1. The molecule has 0 radical (unpaired) electrons. The predicted molar refractivity (Wildman–Crippen MR) is 116 cm³/mol. The van der Waals surface area contributed by atoms with Gasteiger partial charge in [0.15, 0.2) is 11.3 Å². The molecule has 2 aromatic carbocycles. The van der Waals surface area contributed by atoms with Crippen LogP contribution >= 0.6 is 0 Å². The number of fused-ring (bicyclic) bond motifs is 2. The number of furan rings is 1. The van der Waals surface area contributed by atoms with Gasteiger partial charge in [0.05, 0.1) is 24.6 Å². The van der Waals surface area contributed by atoms with Crippen molar-refractivity contribution in [3.8, 4) is 11.3 Å². The van der Waals surface area contributed by atoms with E-state index in [0.717, 1.165) is 40.7 Å². The van der Waals surface area contributed by atoms with E-state index >= 15 is 0 Å². The van der Waals surface area contributed by atoms with E-state index in [-0.39, 0.29) is 5.97 Å². The lowest BCUT2D eigenvalue weighted by atomic mass is 10.1. The zero-order chi connectivity index (χ0) is 20.7. The van der Waals surface area contributed by atoms with Crippen LogP contribution < -0.4 is 5.32 Å². The Morgan fingerprint density at radius 2 is 1.97 bits per heavy atom. The molecule has 2 heterocycles. The third kappa shape index (κ3) is 3.03. The average Bonchev–Trinajstić information content (AvgIpc) is 3.34. The first-order valence-electron chi connectivity index (χ1n) is 9.67. The highest BCUT2D eigenvalue weighted by Crippen LogP contribution is 2.40. The maximum absolute atomic E-state index is 11.7. The molecule has 0 aliphatic heterocycles. The molecular formula is C24H19N3O3. The van der Waals surface area contributed by atoms with E-state index in [1.807, 2.05) is 30.3 Å². The van der Waals surface area contributed by atoms with E-state index in [1.54, 1.807) is 24.5 Å². The fraction of sp³-hybridized carbons (Fsp3) is 0.125. The number of aromatic nitrogens is 1. The smallest absolute Gasteiger partial charge is 0.337 e. The van der Waals surface area contributed by atoms with Gasteiger partial charge >= 0.3 is 5.97 Å². The molecular weight excluding hydrogens is 378 g/mol. The number of nitrogens with one attached hydrogen (secondary N) is 2. The van der Waals surface area contributed by atoms with Crippen molar-refractivity contribution in [2.45, 2.75) is 12.8 Å². The van der Waals surface area contributed by atoms with Gasteiger partial charge in [0.2, 0.25) is 0 Å². The highest BCUT2D eigenvalue weighted by molar-refractivity contribution is 6.03. The minimum Gasteiger partial charge on any atom is -0.465 e. The van der Waals surface area contributed by atoms with Crippen LogP contribution in [0.25, 0.3) is 22.3 Å². The third-order valence-corrected chi connectivity index (χ3v) is 5.41. The number of benzene rings is 2. The van der Waals surface area contributed by atoms with Gasteiger partial charge in [0, 0.05) is 28.5 Å². The molecule has 6 nitrogen and oxygen atoms in total. The Morgan fingerprint density at radius 3 is 2.77 bits per heavy atom. The maximum Gasteiger partial charge on any atom is 0.337 e. The van der Waals surface area contributed by atoms with Gasteiger partial charge in [-0.2, -0.15) is 0 Å². The first-order chi connectivity index (χ1) is 14.6. The number of carbonyl (C=O) groups is 1. The molecule has 30 heavy (non-hydrogen) atoms. The van der Waals surface area contributed by atoms with Crippen LogP contribution in [0.3, 0.4) is 0 Å². The molecule has 0 saturated heterocycles. The van der Waals surface area contributed by atoms with E-state index in [9.17, 15) is 4.79 Å². The highest BCUT2D eigenvalue weighted by atomic mass is 16.5. The summed E-state index contributed by atoms with van der Waals surface area (Å²) < 4.78 is 10.9. The summed E-state index contributed by atoms with van der Waals surface area (Å²) in [5.41, 5.74) is 6.68. The second kappa shape index (κ2) is 7.15. The Morgan fingerprint density at radius 1 is 1.13 bits per heavy atom. The number of nitrogens with zero attached hydrogens (tertiary/aromatic N) is 1. The van der Waals surface area contributed by atoms with Crippen molar-refractivity contribution in [3.63, 3.8) is 0 Å². The van der Waals surface area contributed by atoms with Crippen LogP contribution in [-0.4, -0.2) is 23.8 Å². The second-order valence-corrected chi connectivity index (χ2v) is 7.22. The van der Waals surface area contributed by atoms with Crippen LogP contribution in [0.1, 0.15) is 27.9 Å². The number of pyridine rings is 1. The molecule has 0 spiro atoms. The number of hydrogen-bond donors (Lipinski definition) is 2. The van der Waals surface area contributed by atoms with Gasteiger partial charge in [0.1, 0.15) is 0 Å². The molecule has 0 saturated carbocycles. The van der Waals surface area contributed by atoms with E-state index in [2.05, 4.69) is 16.4 Å². The minimum absolute atomic E-state index is 0.377. The summed E-state index contributed by atoms with van der Waals surface area (Å²) in [6.07, 6.45) is 5.10. The van der Waals surface area contributed by atoms with E-state index in [4.69, 9.17) is 14.6 Å². The summed E-state index contributed by atoms with van der Waals surface area (Å²) in [6.45, 7) is 0. The van der Waals surface area contributed by atoms with E-state index < -0.39 is 0 Å². The fourth-order valence-electron chi connectivity index (χ4n) is 3.87. The van der Waals surface area contributed by atoms with Gasteiger partial charge < -0.3 is 19.9 Å². The number of anilines is 2. The molecule has 2 N–H and O–H groups in total. The van der Waals surface area contributed by atoms with Gasteiger partial charge in [0.25, 0.3) is 0 Å². The average molecular weight is 397 g/mol. The zero-order valence-corrected chi connectivity index (χ0v) is 16.4. The van der Waals surface area contributed by atoms with Crippen molar-refractivity contribution in [1.29, 1.82) is 5.41 Å². The van der Waals surface area contributed by atoms with Crippen molar-refractivity contribution < 1.29 is 13.9 Å². The zero-order valence-electron chi connectivity index (χ0n) is 16.4. The lowest BCUT2D eigenvalue weighted by Crippen LogP contribution is -2.00. The molecule has 5 rings (SSSR count). The number of esters is 1.